The fourth-order valence-corrected chi connectivity index (χ4v) is 6.55. The van der Waals surface area contributed by atoms with Crippen LogP contribution in [0.3, 0.4) is 0 Å². The summed E-state index contributed by atoms with van der Waals surface area (Å²) < 4.78 is 6.22. The fourth-order valence-electron chi connectivity index (χ4n) is 6.55. The number of piperidine rings is 1. The molecule has 0 bridgehead atoms. The van der Waals surface area contributed by atoms with Gasteiger partial charge in [-0.3, -0.25) is 14.5 Å². The van der Waals surface area contributed by atoms with Crippen LogP contribution >= 0.6 is 0 Å². The van der Waals surface area contributed by atoms with Crippen LogP contribution in [0.1, 0.15) is 83.5 Å². The average molecular weight is 432 g/mol. The van der Waals surface area contributed by atoms with E-state index >= 15 is 0 Å². The molecule has 2 aliphatic carbocycles. The molecule has 3 aliphatic heterocycles. The highest BCUT2D eigenvalue weighted by Gasteiger charge is 2.62. The van der Waals surface area contributed by atoms with Gasteiger partial charge in [0, 0.05) is 19.1 Å². The van der Waals surface area contributed by atoms with E-state index in [9.17, 15) is 9.59 Å². The molecule has 6 heteroatoms. The van der Waals surface area contributed by atoms with Gasteiger partial charge in [0.15, 0.2) is 6.10 Å². The third-order valence-electron chi connectivity index (χ3n) is 8.58. The highest BCUT2D eigenvalue weighted by molar-refractivity contribution is 5.91. The second kappa shape index (κ2) is 9.38. The number of amides is 2. The van der Waals surface area contributed by atoms with Crippen LogP contribution in [0.25, 0.3) is 0 Å². The van der Waals surface area contributed by atoms with Gasteiger partial charge in [-0.25, -0.2) is 0 Å². The first kappa shape index (κ1) is 21.7. The Hall–Kier alpha value is -1.14. The first-order valence-electron chi connectivity index (χ1n) is 13.1. The van der Waals surface area contributed by atoms with Crippen LogP contribution in [-0.4, -0.2) is 83.5 Å². The van der Waals surface area contributed by atoms with Crippen molar-refractivity contribution in [3.63, 3.8) is 0 Å². The first-order chi connectivity index (χ1) is 15.2. The molecule has 6 nitrogen and oxygen atoms in total. The third kappa shape index (κ3) is 4.52. The molecule has 1 unspecified atom stereocenters. The number of rotatable bonds is 6. The van der Waals surface area contributed by atoms with Gasteiger partial charge >= 0.3 is 0 Å². The molecule has 0 aromatic carbocycles. The summed E-state index contributed by atoms with van der Waals surface area (Å²) >= 11 is 0. The lowest BCUT2D eigenvalue weighted by Crippen LogP contribution is -2.78. The van der Waals surface area contributed by atoms with E-state index in [2.05, 4.69) is 14.7 Å². The van der Waals surface area contributed by atoms with Crippen molar-refractivity contribution < 1.29 is 14.3 Å². The molecule has 5 aliphatic rings. The monoisotopic (exact) mass is 431 g/mol. The Bertz CT molecular complexity index is 642. The van der Waals surface area contributed by atoms with Crippen LogP contribution in [-0.2, 0) is 14.3 Å². The van der Waals surface area contributed by atoms with E-state index < -0.39 is 0 Å². The summed E-state index contributed by atoms with van der Waals surface area (Å²) in [6.45, 7) is 5.07. The van der Waals surface area contributed by atoms with Gasteiger partial charge in [-0.2, -0.15) is 0 Å². The number of nitrogens with zero attached hydrogens (tertiary/aromatic N) is 3. The first-order valence-corrected chi connectivity index (χ1v) is 13.1. The summed E-state index contributed by atoms with van der Waals surface area (Å²) in [7, 11) is 0. The number of ether oxygens (including phenoxy) is 1. The van der Waals surface area contributed by atoms with Gasteiger partial charge in [-0.15, -0.1) is 0 Å². The largest absolute Gasteiger partial charge is 0.366 e. The Morgan fingerprint density at radius 2 is 1.52 bits per heavy atom. The summed E-state index contributed by atoms with van der Waals surface area (Å²) in [5.41, 5.74) is -0.0485. The lowest BCUT2D eigenvalue weighted by molar-refractivity contribution is -0.211. The van der Waals surface area contributed by atoms with Crippen molar-refractivity contribution in [3.05, 3.63) is 0 Å². The lowest BCUT2D eigenvalue weighted by atomic mass is 9.68. The van der Waals surface area contributed by atoms with Gasteiger partial charge < -0.3 is 14.5 Å². The normalized spacial score (nSPS) is 30.3. The Morgan fingerprint density at radius 1 is 0.871 bits per heavy atom. The predicted octanol–water partition coefficient (Wildman–Crippen LogP) is 3.19. The van der Waals surface area contributed by atoms with Crippen LogP contribution in [0, 0.1) is 5.92 Å². The molecular weight excluding hydrogens is 390 g/mol. The molecular formula is C25H41N3O3. The molecule has 0 aromatic heterocycles. The maximum absolute atomic E-state index is 13.2. The van der Waals surface area contributed by atoms with E-state index in [1.165, 1.54) is 57.8 Å². The standard InChI is InChI=1S/C25H41N3O3/c29-22(18-26-14-6-1-2-7-15-26)27-16-10-21(11-17-27)28-24(30)23(31-19-20-8-9-20)25(28)12-4-3-5-13-25/h20-21,23H,1-19H2. The summed E-state index contributed by atoms with van der Waals surface area (Å²) in [5, 5.41) is 0. The zero-order valence-electron chi connectivity index (χ0n) is 19.2. The van der Waals surface area contributed by atoms with E-state index in [1.807, 2.05) is 0 Å². The van der Waals surface area contributed by atoms with E-state index in [0.29, 0.717) is 12.5 Å². The summed E-state index contributed by atoms with van der Waals surface area (Å²) in [4.78, 5) is 32.7. The molecule has 5 rings (SSSR count). The Kier molecular flexibility index (Phi) is 6.57. The molecule has 0 radical (unpaired) electrons. The van der Waals surface area contributed by atoms with Crippen molar-refractivity contribution >= 4 is 11.8 Å². The van der Waals surface area contributed by atoms with Crippen molar-refractivity contribution in [2.45, 2.75) is 101 Å². The minimum Gasteiger partial charge on any atom is -0.366 e. The molecule has 2 saturated carbocycles. The maximum Gasteiger partial charge on any atom is 0.254 e. The van der Waals surface area contributed by atoms with E-state index in [0.717, 1.165) is 58.5 Å². The Morgan fingerprint density at radius 3 is 2.16 bits per heavy atom. The van der Waals surface area contributed by atoms with Crippen molar-refractivity contribution in [2.24, 2.45) is 5.92 Å². The molecule has 3 saturated heterocycles. The third-order valence-corrected chi connectivity index (χ3v) is 8.58. The molecule has 2 amide bonds. The van der Waals surface area contributed by atoms with E-state index in [-0.39, 0.29) is 29.5 Å². The Balaban J connectivity index is 1.16. The van der Waals surface area contributed by atoms with Crippen LogP contribution in [0.5, 0.6) is 0 Å². The summed E-state index contributed by atoms with van der Waals surface area (Å²) in [6, 6.07) is 0.286. The number of carbonyl (C=O) groups excluding carboxylic acids is 2. The zero-order chi connectivity index (χ0) is 21.3. The smallest absolute Gasteiger partial charge is 0.254 e. The molecule has 0 aromatic rings. The second-order valence-electron chi connectivity index (χ2n) is 10.8. The van der Waals surface area contributed by atoms with Gasteiger partial charge in [-0.05, 0) is 70.4 Å². The second-order valence-corrected chi connectivity index (χ2v) is 10.8. The van der Waals surface area contributed by atoms with E-state index in [1.54, 1.807) is 0 Å². The molecule has 3 heterocycles. The van der Waals surface area contributed by atoms with Gasteiger partial charge in [-0.1, -0.05) is 32.1 Å². The quantitative estimate of drug-likeness (QED) is 0.606. The molecule has 1 atom stereocenters. The number of carbonyl (C=O) groups is 2. The van der Waals surface area contributed by atoms with Gasteiger partial charge in [0.05, 0.1) is 18.7 Å². The Labute approximate surface area is 187 Å². The lowest BCUT2D eigenvalue weighted by Gasteiger charge is -2.62. The highest BCUT2D eigenvalue weighted by atomic mass is 16.5. The molecule has 31 heavy (non-hydrogen) atoms. The molecule has 1 spiro atoms. The SMILES string of the molecule is O=C(CN1CCCCCC1)N1CCC(N2C(=O)C(OCC3CC3)C23CCCCC3)CC1. The van der Waals surface area contributed by atoms with Crippen molar-refractivity contribution in [3.8, 4) is 0 Å². The minimum absolute atomic E-state index is 0.0485. The summed E-state index contributed by atoms with van der Waals surface area (Å²) in [5.74, 6) is 1.21. The highest BCUT2D eigenvalue weighted by Crippen LogP contribution is 2.48. The van der Waals surface area contributed by atoms with Crippen molar-refractivity contribution in [1.82, 2.24) is 14.7 Å². The number of β-lactam (4-membered cyclic amide) rings is 1. The average Bonchev–Trinajstić information content (AvgIpc) is 3.63. The predicted molar refractivity (Wildman–Crippen MR) is 120 cm³/mol. The molecule has 5 fully saturated rings. The molecule has 174 valence electrons. The fraction of sp³-hybridized carbons (Fsp3) is 0.920. The van der Waals surface area contributed by atoms with E-state index in [4.69, 9.17) is 4.74 Å². The van der Waals surface area contributed by atoms with Crippen molar-refractivity contribution in [2.75, 3.05) is 39.3 Å². The maximum atomic E-state index is 13.2. The summed E-state index contributed by atoms with van der Waals surface area (Å²) in [6.07, 6.45) is 15.1. The number of likely N-dealkylation sites (tertiary alicyclic amines) is 3. The van der Waals surface area contributed by atoms with Crippen LogP contribution in [0.15, 0.2) is 0 Å². The molecule has 0 N–H and O–H groups in total. The van der Waals surface area contributed by atoms with Crippen LogP contribution < -0.4 is 0 Å². The topological polar surface area (TPSA) is 53.1 Å². The zero-order valence-corrected chi connectivity index (χ0v) is 19.2. The van der Waals surface area contributed by atoms with Crippen molar-refractivity contribution in [1.29, 1.82) is 0 Å². The van der Waals surface area contributed by atoms with Gasteiger partial charge in [0.2, 0.25) is 5.91 Å². The number of hydrogen-bond donors (Lipinski definition) is 0. The minimum atomic E-state index is -0.198. The van der Waals surface area contributed by atoms with Crippen LogP contribution in [0.4, 0.5) is 0 Å². The number of hydrogen-bond acceptors (Lipinski definition) is 4. The van der Waals surface area contributed by atoms with Crippen LogP contribution in [0.2, 0.25) is 0 Å². The van der Waals surface area contributed by atoms with Gasteiger partial charge in [0.1, 0.15) is 0 Å². The van der Waals surface area contributed by atoms with Gasteiger partial charge in [0.25, 0.3) is 5.91 Å².